The molecule has 1 aliphatic rings. The number of hydrogen-bond donors (Lipinski definition) is 0. The monoisotopic (exact) mass is 305 g/mol. The maximum Gasteiger partial charge on any atom is 0.272 e. The molecule has 1 amide bonds. The van der Waals surface area contributed by atoms with E-state index in [9.17, 15) is 4.79 Å². The molecule has 1 aromatic heterocycles. The Bertz CT molecular complexity index is 511. The molecule has 1 fully saturated rings. The summed E-state index contributed by atoms with van der Waals surface area (Å²) in [6.07, 6.45) is 2.09. The third-order valence-electron chi connectivity index (χ3n) is 4.06. The van der Waals surface area contributed by atoms with Gasteiger partial charge < -0.3 is 14.7 Å². The van der Waals surface area contributed by atoms with Crippen molar-refractivity contribution < 1.29 is 4.79 Å². The van der Waals surface area contributed by atoms with Crippen LogP contribution in [-0.4, -0.2) is 72.5 Å². The van der Waals surface area contributed by atoms with Gasteiger partial charge >= 0.3 is 0 Å². The lowest BCUT2D eigenvalue weighted by molar-refractivity contribution is 0.0787. The van der Waals surface area contributed by atoms with Crippen molar-refractivity contribution in [3.63, 3.8) is 0 Å². The van der Waals surface area contributed by atoms with Crippen LogP contribution < -0.4 is 4.90 Å². The third-order valence-corrected chi connectivity index (χ3v) is 4.06. The zero-order valence-corrected chi connectivity index (χ0v) is 14.2. The van der Waals surface area contributed by atoms with E-state index in [1.165, 1.54) is 0 Å². The van der Waals surface area contributed by atoms with Crippen molar-refractivity contribution in [2.24, 2.45) is 0 Å². The van der Waals surface area contributed by atoms with E-state index in [2.05, 4.69) is 33.7 Å². The standard InChI is InChI=1S/C16H27N5O/c1-5-6-7-20(4)16(22)14-12-15(18-13(2)17-14)21-10-8-19(3)9-11-21/h12H,5-11H2,1-4H3. The van der Waals surface area contributed by atoms with E-state index in [1.807, 2.05) is 20.0 Å². The number of carbonyl (C=O) groups is 1. The van der Waals surface area contributed by atoms with E-state index in [0.717, 1.165) is 51.4 Å². The molecule has 122 valence electrons. The highest BCUT2D eigenvalue weighted by Crippen LogP contribution is 2.16. The fourth-order valence-corrected chi connectivity index (χ4v) is 2.55. The second-order valence-electron chi connectivity index (χ2n) is 6.03. The lowest BCUT2D eigenvalue weighted by atomic mass is 10.2. The first kappa shape index (κ1) is 16.7. The second-order valence-corrected chi connectivity index (χ2v) is 6.03. The van der Waals surface area contributed by atoms with Gasteiger partial charge in [-0.15, -0.1) is 0 Å². The van der Waals surface area contributed by atoms with Crippen LogP contribution in [0.25, 0.3) is 0 Å². The minimum Gasteiger partial charge on any atom is -0.354 e. The molecule has 2 rings (SSSR count). The van der Waals surface area contributed by atoms with Crippen molar-refractivity contribution in [2.75, 3.05) is 51.7 Å². The molecule has 1 aromatic rings. The van der Waals surface area contributed by atoms with Crippen LogP contribution in [0, 0.1) is 6.92 Å². The van der Waals surface area contributed by atoms with Gasteiger partial charge in [-0.2, -0.15) is 0 Å². The summed E-state index contributed by atoms with van der Waals surface area (Å²) in [6.45, 7) is 8.65. The molecule has 1 saturated heterocycles. The lowest BCUT2D eigenvalue weighted by Crippen LogP contribution is -2.45. The molecular weight excluding hydrogens is 278 g/mol. The molecule has 0 radical (unpaired) electrons. The van der Waals surface area contributed by atoms with Gasteiger partial charge in [-0.05, 0) is 20.4 Å². The summed E-state index contributed by atoms with van der Waals surface area (Å²) in [5, 5.41) is 0. The van der Waals surface area contributed by atoms with Crippen LogP contribution in [0.3, 0.4) is 0 Å². The van der Waals surface area contributed by atoms with Crippen LogP contribution >= 0.6 is 0 Å². The third kappa shape index (κ3) is 4.16. The van der Waals surface area contributed by atoms with Crippen LogP contribution in [0.2, 0.25) is 0 Å². The highest BCUT2D eigenvalue weighted by Gasteiger charge is 2.19. The Morgan fingerprint density at radius 1 is 1.27 bits per heavy atom. The van der Waals surface area contributed by atoms with Crippen molar-refractivity contribution >= 4 is 11.7 Å². The fraction of sp³-hybridized carbons (Fsp3) is 0.688. The minimum absolute atomic E-state index is 0.0191. The minimum atomic E-state index is -0.0191. The number of hydrogen-bond acceptors (Lipinski definition) is 5. The normalized spacial score (nSPS) is 15.9. The van der Waals surface area contributed by atoms with Crippen LogP contribution in [-0.2, 0) is 0 Å². The number of likely N-dealkylation sites (N-methyl/N-ethyl adjacent to an activating group) is 1. The van der Waals surface area contributed by atoms with Crippen LogP contribution in [0.1, 0.15) is 36.1 Å². The second kappa shape index (κ2) is 7.54. The molecule has 0 saturated carbocycles. The molecular formula is C16H27N5O. The summed E-state index contributed by atoms with van der Waals surface area (Å²) < 4.78 is 0. The van der Waals surface area contributed by atoms with Crippen LogP contribution in [0.5, 0.6) is 0 Å². The molecule has 0 aromatic carbocycles. The molecule has 2 heterocycles. The molecule has 0 unspecified atom stereocenters. The summed E-state index contributed by atoms with van der Waals surface area (Å²) >= 11 is 0. The molecule has 22 heavy (non-hydrogen) atoms. The summed E-state index contributed by atoms with van der Waals surface area (Å²) in [5.41, 5.74) is 0.500. The highest BCUT2D eigenvalue weighted by atomic mass is 16.2. The average molecular weight is 305 g/mol. The summed E-state index contributed by atoms with van der Waals surface area (Å²) in [5.74, 6) is 1.51. The van der Waals surface area contributed by atoms with Crippen molar-refractivity contribution in [3.05, 3.63) is 17.6 Å². The number of amides is 1. The molecule has 0 N–H and O–H groups in total. The molecule has 0 spiro atoms. The Morgan fingerprint density at radius 2 is 1.95 bits per heavy atom. The van der Waals surface area contributed by atoms with Gasteiger partial charge in [0.2, 0.25) is 0 Å². The van der Waals surface area contributed by atoms with E-state index in [1.54, 1.807) is 4.90 Å². The Balaban J connectivity index is 2.14. The van der Waals surface area contributed by atoms with Crippen molar-refractivity contribution in [2.45, 2.75) is 26.7 Å². The predicted molar refractivity (Wildman–Crippen MR) is 88.3 cm³/mol. The number of anilines is 1. The maximum atomic E-state index is 12.5. The van der Waals surface area contributed by atoms with E-state index in [-0.39, 0.29) is 5.91 Å². The number of nitrogens with zero attached hydrogens (tertiary/aromatic N) is 5. The maximum absolute atomic E-state index is 12.5. The van der Waals surface area contributed by atoms with Gasteiger partial charge in [-0.25, -0.2) is 9.97 Å². The van der Waals surface area contributed by atoms with Crippen molar-refractivity contribution in [1.29, 1.82) is 0 Å². The Morgan fingerprint density at radius 3 is 2.59 bits per heavy atom. The van der Waals surface area contributed by atoms with Gasteiger partial charge in [-0.1, -0.05) is 13.3 Å². The number of piperazine rings is 1. The first-order chi connectivity index (χ1) is 10.5. The fourth-order valence-electron chi connectivity index (χ4n) is 2.55. The predicted octanol–water partition coefficient (Wildman–Crippen LogP) is 1.41. The summed E-state index contributed by atoms with van der Waals surface area (Å²) in [7, 11) is 3.96. The Kier molecular flexibility index (Phi) is 5.71. The van der Waals surface area contributed by atoms with Crippen molar-refractivity contribution in [3.8, 4) is 0 Å². The van der Waals surface area contributed by atoms with Gasteiger partial charge in [0, 0.05) is 45.8 Å². The summed E-state index contributed by atoms with van der Waals surface area (Å²) in [6, 6.07) is 1.84. The number of aromatic nitrogens is 2. The van der Waals surface area contributed by atoms with Gasteiger partial charge in [0.15, 0.2) is 0 Å². The number of aryl methyl sites for hydroxylation is 1. The smallest absolute Gasteiger partial charge is 0.272 e. The van der Waals surface area contributed by atoms with Gasteiger partial charge in [0.05, 0.1) is 0 Å². The molecule has 0 aliphatic carbocycles. The van der Waals surface area contributed by atoms with E-state index in [0.29, 0.717) is 11.5 Å². The van der Waals surface area contributed by atoms with E-state index in [4.69, 9.17) is 0 Å². The first-order valence-electron chi connectivity index (χ1n) is 8.06. The molecule has 6 nitrogen and oxygen atoms in total. The van der Waals surface area contributed by atoms with Gasteiger partial charge in [0.25, 0.3) is 5.91 Å². The molecule has 0 atom stereocenters. The number of unbranched alkanes of at least 4 members (excludes halogenated alkanes) is 1. The van der Waals surface area contributed by atoms with Gasteiger partial charge in [-0.3, -0.25) is 4.79 Å². The Labute approximate surface area is 133 Å². The largest absolute Gasteiger partial charge is 0.354 e. The quantitative estimate of drug-likeness (QED) is 0.823. The van der Waals surface area contributed by atoms with Gasteiger partial charge in [0.1, 0.15) is 17.3 Å². The SMILES string of the molecule is CCCCN(C)C(=O)c1cc(N2CCN(C)CC2)nc(C)n1. The Hall–Kier alpha value is -1.69. The zero-order valence-electron chi connectivity index (χ0n) is 14.2. The number of rotatable bonds is 5. The van der Waals surface area contributed by atoms with Crippen LogP contribution in [0.15, 0.2) is 6.07 Å². The topological polar surface area (TPSA) is 52.6 Å². The van der Waals surface area contributed by atoms with Crippen molar-refractivity contribution in [1.82, 2.24) is 19.8 Å². The molecule has 0 bridgehead atoms. The average Bonchev–Trinajstić information content (AvgIpc) is 2.52. The molecule has 6 heteroatoms. The lowest BCUT2D eigenvalue weighted by Gasteiger charge is -2.33. The first-order valence-corrected chi connectivity index (χ1v) is 8.06. The zero-order chi connectivity index (χ0) is 16.1. The molecule has 1 aliphatic heterocycles. The number of carbonyl (C=O) groups excluding carboxylic acids is 1. The highest BCUT2D eigenvalue weighted by molar-refractivity contribution is 5.92. The van der Waals surface area contributed by atoms with Crippen LogP contribution in [0.4, 0.5) is 5.82 Å². The summed E-state index contributed by atoms with van der Waals surface area (Å²) in [4.78, 5) is 27.6. The van der Waals surface area contributed by atoms with E-state index < -0.39 is 0 Å². The van der Waals surface area contributed by atoms with E-state index >= 15 is 0 Å².